The number of aromatic nitrogens is 2. The summed E-state index contributed by atoms with van der Waals surface area (Å²) in [5, 5.41) is 12.7. The molecule has 0 aliphatic carbocycles. The predicted molar refractivity (Wildman–Crippen MR) is 63.3 cm³/mol. The summed E-state index contributed by atoms with van der Waals surface area (Å²) < 4.78 is 26.4. The summed E-state index contributed by atoms with van der Waals surface area (Å²) >= 11 is 11.7. The van der Waals surface area contributed by atoms with E-state index in [1.54, 1.807) is 24.3 Å². The minimum Gasteiger partial charge on any atom is -0.220 e. The van der Waals surface area contributed by atoms with E-state index in [4.69, 9.17) is 28.5 Å². The van der Waals surface area contributed by atoms with Gasteiger partial charge >= 0.3 is 0 Å². The number of benzene rings is 1. The molecule has 1 aromatic heterocycles. The molecule has 2 aromatic rings. The third-order valence-corrected chi connectivity index (χ3v) is 2.81. The normalized spacial score (nSPS) is 10.7. The summed E-state index contributed by atoms with van der Waals surface area (Å²) in [7, 11) is 0. The van der Waals surface area contributed by atoms with Crippen LogP contribution in [0, 0.1) is 11.3 Å². The number of hydrogen-bond acceptors (Lipinski definition) is 2. The first-order valence-electron chi connectivity index (χ1n) is 4.77. The lowest BCUT2D eigenvalue weighted by Crippen LogP contribution is -1.97. The molecule has 0 bridgehead atoms. The lowest BCUT2D eigenvalue weighted by Gasteiger charge is -2.02. The maximum atomic E-state index is 12.7. The van der Waals surface area contributed by atoms with Crippen molar-refractivity contribution < 1.29 is 8.78 Å². The van der Waals surface area contributed by atoms with Crippen molar-refractivity contribution in [3.8, 4) is 11.8 Å². The number of nitrogens with zero attached hydrogens (tertiary/aromatic N) is 3. The molecule has 0 radical (unpaired) electrons. The fourth-order valence-corrected chi connectivity index (χ4v) is 1.91. The van der Waals surface area contributed by atoms with Crippen LogP contribution in [0.4, 0.5) is 8.78 Å². The number of halogens is 4. The molecule has 92 valence electrons. The van der Waals surface area contributed by atoms with Crippen LogP contribution in [0.1, 0.15) is 17.7 Å². The number of hydrogen-bond donors (Lipinski definition) is 0. The Balaban J connectivity index is 2.63. The van der Waals surface area contributed by atoms with Crippen LogP contribution < -0.4 is 0 Å². The second kappa shape index (κ2) is 4.92. The molecule has 2 rings (SSSR count). The Labute approximate surface area is 111 Å². The minimum absolute atomic E-state index is 0.157. The van der Waals surface area contributed by atoms with E-state index in [9.17, 15) is 8.78 Å². The zero-order valence-electron chi connectivity index (χ0n) is 8.74. The molecule has 0 unspecified atom stereocenters. The third kappa shape index (κ3) is 2.17. The van der Waals surface area contributed by atoms with Crippen molar-refractivity contribution >= 4 is 23.2 Å². The van der Waals surface area contributed by atoms with Crippen molar-refractivity contribution in [3.05, 3.63) is 45.7 Å². The molecule has 0 aliphatic heterocycles. The van der Waals surface area contributed by atoms with Gasteiger partial charge in [0.15, 0.2) is 5.15 Å². The Kier molecular flexibility index (Phi) is 3.50. The van der Waals surface area contributed by atoms with Gasteiger partial charge in [-0.15, -0.1) is 0 Å². The first kappa shape index (κ1) is 12.8. The molecule has 0 saturated carbocycles. The number of nitriles is 1. The fourth-order valence-electron chi connectivity index (χ4n) is 1.45. The van der Waals surface area contributed by atoms with Crippen molar-refractivity contribution in [1.82, 2.24) is 9.78 Å². The molecule has 7 heteroatoms. The van der Waals surface area contributed by atoms with Crippen LogP contribution >= 0.6 is 23.2 Å². The number of rotatable bonds is 2. The molecule has 1 aromatic carbocycles. The van der Waals surface area contributed by atoms with E-state index in [0.29, 0.717) is 10.7 Å². The first-order chi connectivity index (χ1) is 8.54. The lowest BCUT2D eigenvalue weighted by atomic mass is 10.3. The Hall–Kier alpha value is -1.64. The molecule has 0 atom stereocenters. The molecule has 18 heavy (non-hydrogen) atoms. The van der Waals surface area contributed by atoms with Gasteiger partial charge in [-0.25, -0.2) is 13.5 Å². The molecular weight excluding hydrogens is 283 g/mol. The summed E-state index contributed by atoms with van der Waals surface area (Å²) in [5.41, 5.74) is -0.551. The molecule has 0 aliphatic rings. The van der Waals surface area contributed by atoms with Crippen molar-refractivity contribution in [2.75, 3.05) is 0 Å². The summed E-state index contributed by atoms with van der Waals surface area (Å²) in [6.07, 6.45) is -2.86. The second-order valence-electron chi connectivity index (χ2n) is 3.36. The van der Waals surface area contributed by atoms with Gasteiger partial charge in [-0.3, -0.25) is 0 Å². The van der Waals surface area contributed by atoms with Crippen LogP contribution in [0.25, 0.3) is 5.69 Å². The second-order valence-corrected chi connectivity index (χ2v) is 4.15. The summed E-state index contributed by atoms with van der Waals surface area (Å²) in [6, 6.07) is 7.99. The van der Waals surface area contributed by atoms with E-state index >= 15 is 0 Å². The van der Waals surface area contributed by atoms with Crippen LogP contribution in [-0.4, -0.2) is 9.78 Å². The van der Waals surface area contributed by atoms with Gasteiger partial charge < -0.3 is 0 Å². The van der Waals surface area contributed by atoms with Gasteiger partial charge in [0, 0.05) is 5.02 Å². The monoisotopic (exact) mass is 287 g/mol. The van der Waals surface area contributed by atoms with Gasteiger partial charge in [-0.05, 0) is 18.2 Å². The standard InChI is InChI=1S/C11H5Cl2F2N3/c12-6-2-1-3-7(4-6)18-10(13)8(5-16)9(17-18)11(14)15/h1-4,11H. The van der Waals surface area contributed by atoms with E-state index in [0.717, 1.165) is 4.68 Å². The van der Waals surface area contributed by atoms with Gasteiger partial charge in [0.05, 0.1) is 5.69 Å². The largest absolute Gasteiger partial charge is 0.283 e. The van der Waals surface area contributed by atoms with Crippen molar-refractivity contribution in [3.63, 3.8) is 0 Å². The lowest BCUT2D eigenvalue weighted by molar-refractivity contribution is 0.145. The van der Waals surface area contributed by atoms with Crippen LogP contribution in [0.15, 0.2) is 24.3 Å². The number of alkyl halides is 2. The van der Waals surface area contributed by atoms with Crippen molar-refractivity contribution in [1.29, 1.82) is 5.26 Å². The van der Waals surface area contributed by atoms with Crippen LogP contribution in [0.5, 0.6) is 0 Å². The molecule has 0 N–H and O–H groups in total. The van der Waals surface area contributed by atoms with E-state index in [-0.39, 0.29) is 10.7 Å². The molecule has 0 amide bonds. The van der Waals surface area contributed by atoms with Crippen LogP contribution in [0.2, 0.25) is 10.2 Å². The Morgan fingerprint density at radius 3 is 2.56 bits per heavy atom. The minimum atomic E-state index is -2.86. The van der Waals surface area contributed by atoms with Gasteiger partial charge in [0.2, 0.25) is 0 Å². The summed E-state index contributed by atoms with van der Waals surface area (Å²) in [6.45, 7) is 0. The smallest absolute Gasteiger partial charge is 0.220 e. The van der Waals surface area contributed by atoms with E-state index in [1.165, 1.54) is 6.07 Å². The van der Waals surface area contributed by atoms with E-state index in [2.05, 4.69) is 5.10 Å². The Morgan fingerprint density at radius 2 is 2.06 bits per heavy atom. The third-order valence-electron chi connectivity index (χ3n) is 2.23. The maximum absolute atomic E-state index is 12.7. The van der Waals surface area contributed by atoms with Gasteiger partial charge in [-0.2, -0.15) is 10.4 Å². The highest BCUT2D eigenvalue weighted by atomic mass is 35.5. The van der Waals surface area contributed by atoms with Crippen molar-refractivity contribution in [2.24, 2.45) is 0 Å². The average Bonchev–Trinajstić information content (AvgIpc) is 2.66. The zero-order valence-corrected chi connectivity index (χ0v) is 10.3. The van der Waals surface area contributed by atoms with E-state index in [1.807, 2.05) is 0 Å². The van der Waals surface area contributed by atoms with Crippen LogP contribution in [0.3, 0.4) is 0 Å². The average molecular weight is 288 g/mol. The molecule has 1 heterocycles. The van der Waals surface area contributed by atoms with Crippen molar-refractivity contribution in [2.45, 2.75) is 6.43 Å². The highest BCUT2D eigenvalue weighted by molar-refractivity contribution is 6.31. The SMILES string of the molecule is N#Cc1c(C(F)F)nn(-c2cccc(Cl)c2)c1Cl. The van der Waals surface area contributed by atoms with Crippen LogP contribution in [-0.2, 0) is 0 Å². The maximum Gasteiger partial charge on any atom is 0.283 e. The molecule has 3 nitrogen and oxygen atoms in total. The quantitative estimate of drug-likeness (QED) is 0.838. The first-order valence-corrected chi connectivity index (χ1v) is 5.52. The zero-order chi connectivity index (χ0) is 13.3. The van der Waals surface area contributed by atoms with E-state index < -0.39 is 12.1 Å². The molecule has 0 saturated heterocycles. The molecular formula is C11H5Cl2F2N3. The summed E-state index contributed by atoms with van der Waals surface area (Å²) in [5.74, 6) is 0. The van der Waals surface area contributed by atoms with Gasteiger partial charge in [-0.1, -0.05) is 29.3 Å². The highest BCUT2D eigenvalue weighted by Gasteiger charge is 2.23. The molecule has 0 spiro atoms. The Bertz CT molecular complexity index is 632. The Morgan fingerprint density at radius 1 is 1.33 bits per heavy atom. The fraction of sp³-hybridized carbons (Fsp3) is 0.0909. The summed E-state index contributed by atoms with van der Waals surface area (Å²) in [4.78, 5) is 0. The topological polar surface area (TPSA) is 41.6 Å². The molecule has 0 fully saturated rings. The van der Waals surface area contributed by atoms with Gasteiger partial charge in [0.1, 0.15) is 17.3 Å². The highest BCUT2D eigenvalue weighted by Crippen LogP contribution is 2.29. The predicted octanol–water partition coefficient (Wildman–Crippen LogP) is 3.99. The van der Waals surface area contributed by atoms with Gasteiger partial charge in [0.25, 0.3) is 6.43 Å².